The number of carbonyl (C=O) groups is 1. The maximum atomic E-state index is 12.0. The topological polar surface area (TPSA) is 128 Å². The van der Waals surface area contributed by atoms with Gasteiger partial charge in [0.1, 0.15) is 0 Å². The van der Waals surface area contributed by atoms with Crippen LogP contribution in [0, 0.1) is 10.1 Å². The Hall–Kier alpha value is -3.27. The van der Waals surface area contributed by atoms with E-state index in [2.05, 4.69) is 9.84 Å². The van der Waals surface area contributed by atoms with Crippen molar-refractivity contribution in [2.24, 2.45) is 5.10 Å². The summed E-state index contributed by atoms with van der Waals surface area (Å²) in [5.74, 6) is -0.484. The molecule has 130 valence electrons. The molecule has 1 N–H and O–H groups in total. The molecule has 2 aromatic rings. The normalized spacial score (nSPS) is 11.2. The number of ether oxygens (including phenoxy) is 1. The van der Waals surface area contributed by atoms with Crippen molar-refractivity contribution in [3.63, 3.8) is 0 Å². The third kappa shape index (κ3) is 4.61. The van der Waals surface area contributed by atoms with E-state index in [1.165, 1.54) is 25.5 Å². The molecule has 0 amide bonds. The Labute approximate surface area is 143 Å². The van der Waals surface area contributed by atoms with Crippen molar-refractivity contribution in [2.45, 2.75) is 4.90 Å². The van der Waals surface area contributed by atoms with Crippen LogP contribution in [-0.2, 0) is 14.8 Å². The zero-order valence-electron chi connectivity index (χ0n) is 12.9. The van der Waals surface area contributed by atoms with Gasteiger partial charge in [-0.2, -0.15) is 13.5 Å². The summed E-state index contributed by atoms with van der Waals surface area (Å²) in [5, 5.41) is 14.2. The van der Waals surface area contributed by atoms with Crippen LogP contribution in [0.15, 0.2) is 58.5 Å². The maximum Gasteiger partial charge on any atom is 0.337 e. The number of nitrogens with zero attached hydrogens (tertiary/aromatic N) is 2. The van der Waals surface area contributed by atoms with Crippen molar-refractivity contribution in [2.75, 3.05) is 7.11 Å². The summed E-state index contributed by atoms with van der Waals surface area (Å²) in [6.45, 7) is 0. The van der Waals surface area contributed by atoms with Gasteiger partial charge in [-0.3, -0.25) is 10.1 Å². The molecule has 0 spiro atoms. The van der Waals surface area contributed by atoms with Gasteiger partial charge in [-0.1, -0.05) is 12.1 Å². The van der Waals surface area contributed by atoms with Crippen molar-refractivity contribution in [1.82, 2.24) is 4.83 Å². The third-order valence-electron chi connectivity index (χ3n) is 3.08. The molecule has 0 atom stereocenters. The van der Waals surface area contributed by atoms with E-state index in [-0.39, 0.29) is 10.6 Å². The molecule has 0 aliphatic heterocycles. The van der Waals surface area contributed by atoms with E-state index in [1.54, 1.807) is 12.1 Å². The van der Waals surface area contributed by atoms with E-state index in [0.717, 1.165) is 24.3 Å². The fourth-order valence-electron chi connectivity index (χ4n) is 1.79. The van der Waals surface area contributed by atoms with Crippen LogP contribution in [0.1, 0.15) is 15.9 Å². The first kappa shape index (κ1) is 18.1. The molecule has 2 rings (SSSR count). The highest BCUT2D eigenvalue weighted by atomic mass is 32.2. The predicted molar refractivity (Wildman–Crippen MR) is 88.8 cm³/mol. The Morgan fingerprint density at radius 3 is 2.28 bits per heavy atom. The highest BCUT2D eigenvalue weighted by molar-refractivity contribution is 7.89. The number of nitrogens with one attached hydrogen (secondary N) is 1. The van der Waals surface area contributed by atoms with Crippen LogP contribution < -0.4 is 4.83 Å². The molecule has 0 unspecified atom stereocenters. The van der Waals surface area contributed by atoms with Gasteiger partial charge in [-0.25, -0.2) is 9.63 Å². The molecule has 10 heteroatoms. The lowest BCUT2D eigenvalue weighted by molar-refractivity contribution is -0.384. The molecular formula is C15H13N3O6S. The summed E-state index contributed by atoms with van der Waals surface area (Å²) in [6, 6.07) is 10.6. The van der Waals surface area contributed by atoms with Gasteiger partial charge >= 0.3 is 5.97 Å². The quantitative estimate of drug-likeness (QED) is 0.360. The molecular weight excluding hydrogens is 350 g/mol. The number of hydrogen-bond donors (Lipinski definition) is 1. The minimum Gasteiger partial charge on any atom is -0.465 e. The molecule has 0 aliphatic carbocycles. The van der Waals surface area contributed by atoms with Crippen molar-refractivity contribution in [3.8, 4) is 0 Å². The second-order valence-corrected chi connectivity index (χ2v) is 6.38. The van der Waals surface area contributed by atoms with Crippen molar-refractivity contribution in [1.29, 1.82) is 0 Å². The van der Waals surface area contributed by atoms with Crippen LogP contribution >= 0.6 is 0 Å². The van der Waals surface area contributed by atoms with Crippen molar-refractivity contribution < 1.29 is 22.9 Å². The summed E-state index contributed by atoms with van der Waals surface area (Å²) in [5.41, 5.74) is 0.693. The number of hydrazone groups is 1. The van der Waals surface area contributed by atoms with Gasteiger partial charge in [0.25, 0.3) is 15.7 Å². The van der Waals surface area contributed by atoms with Crippen molar-refractivity contribution >= 4 is 27.9 Å². The zero-order chi connectivity index (χ0) is 18.4. The molecule has 0 bridgehead atoms. The van der Waals surface area contributed by atoms with Crippen LogP contribution in [0.5, 0.6) is 0 Å². The third-order valence-corrected chi connectivity index (χ3v) is 4.31. The van der Waals surface area contributed by atoms with Gasteiger partial charge in [-0.05, 0) is 29.8 Å². The summed E-state index contributed by atoms with van der Waals surface area (Å²) in [4.78, 5) is 23.1. The first-order valence-electron chi connectivity index (χ1n) is 6.81. The number of nitro benzene ring substituents is 1. The molecule has 9 nitrogen and oxygen atoms in total. The molecule has 0 heterocycles. The molecule has 0 fully saturated rings. The molecule has 0 aromatic heterocycles. The Bertz CT molecular complexity index is 905. The summed E-state index contributed by atoms with van der Waals surface area (Å²) in [7, 11) is -2.67. The highest BCUT2D eigenvalue weighted by Gasteiger charge is 2.14. The van der Waals surface area contributed by atoms with Crippen molar-refractivity contribution in [3.05, 3.63) is 69.8 Å². The summed E-state index contributed by atoms with van der Waals surface area (Å²) in [6.07, 6.45) is 1.25. The lowest BCUT2D eigenvalue weighted by atomic mass is 10.1. The number of rotatable bonds is 6. The fourth-order valence-corrected chi connectivity index (χ4v) is 2.58. The second-order valence-electron chi connectivity index (χ2n) is 4.72. The lowest BCUT2D eigenvalue weighted by Gasteiger charge is -2.03. The second kappa shape index (κ2) is 7.53. The van der Waals surface area contributed by atoms with Gasteiger partial charge in [0.05, 0.1) is 28.7 Å². The van der Waals surface area contributed by atoms with Gasteiger partial charge in [-0.15, -0.1) is 0 Å². The predicted octanol–water partition coefficient (Wildman–Crippen LogP) is 1.69. The number of hydrogen-bond acceptors (Lipinski definition) is 7. The number of nitro groups is 1. The average molecular weight is 363 g/mol. The minimum absolute atomic E-state index is 0.156. The standard InChI is InChI=1S/C15H13N3O6S/c1-24-15(19)12-4-2-11(3-5-12)10-16-17-25(22,23)14-8-6-13(7-9-14)18(20)21/h2-10,17H,1H3/b16-10-. The number of esters is 1. The highest BCUT2D eigenvalue weighted by Crippen LogP contribution is 2.15. The molecule has 2 aromatic carbocycles. The van der Waals surface area contributed by atoms with Crippen LogP contribution in [0.3, 0.4) is 0 Å². The van der Waals surface area contributed by atoms with E-state index < -0.39 is 20.9 Å². The van der Waals surface area contributed by atoms with Crippen LogP contribution in [-0.4, -0.2) is 32.6 Å². The van der Waals surface area contributed by atoms with Crippen LogP contribution in [0.4, 0.5) is 5.69 Å². The average Bonchev–Trinajstić information content (AvgIpc) is 2.61. The van der Waals surface area contributed by atoms with Gasteiger partial charge in [0.15, 0.2) is 0 Å². The molecule has 0 saturated carbocycles. The molecule has 0 aliphatic rings. The Morgan fingerprint density at radius 1 is 1.16 bits per heavy atom. The van der Waals surface area contributed by atoms with E-state index in [9.17, 15) is 23.3 Å². The van der Waals surface area contributed by atoms with E-state index in [1.807, 2.05) is 4.83 Å². The first-order valence-corrected chi connectivity index (χ1v) is 8.29. The summed E-state index contributed by atoms with van der Waals surface area (Å²) < 4.78 is 28.6. The molecule has 0 saturated heterocycles. The SMILES string of the molecule is COC(=O)c1ccc(/C=N\NS(=O)(=O)c2ccc([N+](=O)[O-])cc2)cc1. The monoisotopic (exact) mass is 363 g/mol. The lowest BCUT2D eigenvalue weighted by Crippen LogP contribution is -2.18. The Kier molecular flexibility index (Phi) is 5.45. The van der Waals surface area contributed by atoms with Gasteiger partial charge < -0.3 is 4.74 Å². The van der Waals surface area contributed by atoms with E-state index in [4.69, 9.17) is 0 Å². The maximum absolute atomic E-state index is 12.0. The molecule has 0 radical (unpaired) electrons. The minimum atomic E-state index is -3.94. The largest absolute Gasteiger partial charge is 0.465 e. The first-order chi connectivity index (χ1) is 11.8. The number of non-ortho nitro benzene ring substituents is 1. The van der Waals surface area contributed by atoms with Crippen LogP contribution in [0.25, 0.3) is 0 Å². The number of benzene rings is 2. The number of methoxy groups -OCH3 is 1. The number of carbonyl (C=O) groups excluding carboxylic acids is 1. The molecule has 25 heavy (non-hydrogen) atoms. The number of sulfonamides is 1. The summed E-state index contributed by atoms with van der Waals surface area (Å²) >= 11 is 0. The van der Waals surface area contributed by atoms with Gasteiger partial charge in [0.2, 0.25) is 0 Å². The van der Waals surface area contributed by atoms with Gasteiger partial charge in [0, 0.05) is 12.1 Å². The smallest absolute Gasteiger partial charge is 0.337 e. The fraction of sp³-hybridized carbons (Fsp3) is 0.0667. The Balaban J connectivity index is 2.07. The van der Waals surface area contributed by atoms with E-state index in [0.29, 0.717) is 11.1 Å². The Morgan fingerprint density at radius 2 is 1.76 bits per heavy atom. The zero-order valence-corrected chi connectivity index (χ0v) is 13.8. The van der Waals surface area contributed by atoms with E-state index >= 15 is 0 Å². The van der Waals surface area contributed by atoms with Crippen LogP contribution in [0.2, 0.25) is 0 Å².